The molecular weight excluding hydrogens is 223 g/mol. The molecule has 2 rings (SSSR count). The van der Waals surface area contributed by atoms with Crippen LogP contribution in [-0.2, 0) is 0 Å². The van der Waals surface area contributed by atoms with E-state index in [0.29, 0.717) is 18.1 Å². The summed E-state index contributed by atoms with van der Waals surface area (Å²) in [5.41, 5.74) is 8.80. The van der Waals surface area contributed by atoms with Gasteiger partial charge in [-0.15, -0.1) is 0 Å². The molecule has 0 aromatic rings. The molecule has 0 atom stereocenters. The Morgan fingerprint density at radius 2 is 2.29 bits per heavy atom. The van der Waals surface area contributed by atoms with Gasteiger partial charge in [-0.2, -0.15) is 0 Å². The molecule has 7 heteroatoms. The van der Waals surface area contributed by atoms with E-state index in [2.05, 4.69) is 20.7 Å². The molecule has 17 heavy (non-hydrogen) atoms. The lowest BCUT2D eigenvalue weighted by Crippen LogP contribution is -2.34. The smallest absolute Gasteiger partial charge is 0.186 e. The maximum atomic E-state index is 14.1. The fourth-order valence-electron chi connectivity index (χ4n) is 2.06. The molecule has 2 aliphatic heterocycles. The van der Waals surface area contributed by atoms with E-state index < -0.39 is 0 Å². The SMILES string of the molecule is [N-]=[N+]=NCNC1=C(F)C(N2CCCC2)=CCN1. The Bertz CT molecular complexity index is 390. The van der Waals surface area contributed by atoms with Crippen molar-refractivity contribution in [2.75, 3.05) is 26.3 Å². The normalized spacial score (nSPS) is 19.6. The highest BCUT2D eigenvalue weighted by Crippen LogP contribution is 2.24. The summed E-state index contributed by atoms with van der Waals surface area (Å²) in [6.07, 6.45) is 4.07. The number of nitrogens with zero attached hydrogens (tertiary/aromatic N) is 4. The largest absolute Gasteiger partial charge is 0.369 e. The molecule has 1 fully saturated rings. The summed E-state index contributed by atoms with van der Waals surface area (Å²) in [5.74, 6) is 0.00749. The Kier molecular flexibility index (Phi) is 3.72. The van der Waals surface area contributed by atoms with Crippen molar-refractivity contribution < 1.29 is 4.39 Å². The first-order valence-electron chi connectivity index (χ1n) is 5.67. The zero-order valence-electron chi connectivity index (χ0n) is 9.49. The number of dihydropyridines is 1. The van der Waals surface area contributed by atoms with E-state index in [1.807, 2.05) is 11.0 Å². The van der Waals surface area contributed by atoms with E-state index in [9.17, 15) is 4.39 Å². The minimum atomic E-state index is -0.300. The average Bonchev–Trinajstić information content (AvgIpc) is 2.85. The second-order valence-electron chi connectivity index (χ2n) is 3.92. The van der Waals surface area contributed by atoms with Gasteiger partial charge in [0, 0.05) is 24.5 Å². The summed E-state index contributed by atoms with van der Waals surface area (Å²) in [6.45, 7) is 2.43. The van der Waals surface area contributed by atoms with Crippen molar-refractivity contribution in [1.82, 2.24) is 15.5 Å². The van der Waals surface area contributed by atoms with E-state index in [1.54, 1.807) is 0 Å². The van der Waals surface area contributed by atoms with Gasteiger partial charge in [0.1, 0.15) is 5.82 Å². The quantitative estimate of drug-likeness (QED) is 0.443. The molecule has 0 aromatic heterocycles. The number of hydrogen-bond donors (Lipinski definition) is 2. The zero-order valence-corrected chi connectivity index (χ0v) is 9.49. The third kappa shape index (κ3) is 2.62. The van der Waals surface area contributed by atoms with Crippen LogP contribution in [0.4, 0.5) is 4.39 Å². The molecule has 2 aliphatic rings. The summed E-state index contributed by atoms with van der Waals surface area (Å²) in [6, 6.07) is 0. The third-order valence-electron chi connectivity index (χ3n) is 2.86. The summed E-state index contributed by atoms with van der Waals surface area (Å²) < 4.78 is 14.1. The molecule has 0 saturated carbocycles. The fourth-order valence-corrected chi connectivity index (χ4v) is 2.06. The first-order chi connectivity index (χ1) is 8.33. The van der Waals surface area contributed by atoms with Crippen LogP contribution in [0, 0.1) is 0 Å². The topological polar surface area (TPSA) is 76.1 Å². The molecular formula is C10H15FN6. The zero-order chi connectivity index (χ0) is 12.1. The Hall–Kier alpha value is -1.88. The summed E-state index contributed by atoms with van der Waals surface area (Å²) in [4.78, 5) is 4.65. The summed E-state index contributed by atoms with van der Waals surface area (Å²) >= 11 is 0. The highest BCUT2D eigenvalue weighted by atomic mass is 19.1. The van der Waals surface area contributed by atoms with Gasteiger partial charge in [-0.1, -0.05) is 5.11 Å². The molecule has 6 nitrogen and oxygen atoms in total. The van der Waals surface area contributed by atoms with Gasteiger partial charge < -0.3 is 15.5 Å². The second-order valence-corrected chi connectivity index (χ2v) is 3.92. The lowest BCUT2D eigenvalue weighted by Gasteiger charge is -2.26. The van der Waals surface area contributed by atoms with Gasteiger partial charge >= 0.3 is 0 Å². The van der Waals surface area contributed by atoms with Gasteiger partial charge in [-0.3, -0.25) is 0 Å². The van der Waals surface area contributed by atoms with Gasteiger partial charge in [0.25, 0.3) is 0 Å². The van der Waals surface area contributed by atoms with Crippen molar-refractivity contribution in [2.45, 2.75) is 12.8 Å². The molecule has 2 N–H and O–H groups in total. The van der Waals surface area contributed by atoms with E-state index in [-0.39, 0.29) is 12.5 Å². The van der Waals surface area contributed by atoms with Crippen LogP contribution in [-0.4, -0.2) is 31.2 Å². The molecule has 0 bridgehead atoms. The number of halogens is 1. The fraction of sp³-hybridized carbons (Fsp3) is 0.600. The Morgan fingerprint density at radius 3 is 3.00 bits per heavy atom. The van der Waals surface area contributed by atoms with Gasteiger partial charge in [-0.05, 0) is 24.4 Å². The van der Waals surface area contributed by atoms with E-state index in [4.69, 9.17) is 5.53 Å². The molecule has 2 heterocycles. The van der Waals surface area contributed by atoms with Gasteiger partial charge in [0.15, 0.2) is 5.83 Å². The number of nitrogens with one attached hydrogen (secondary N) is 2. The summed E-state index contributed by atoms with van der Waals surface area (Å²) in [7, 11) is 0. The molecule has 0 amide bonds. The Morgan fingerprint density at radius 1 is 1.53 bits per heavy atom. The van der Waals surface area contributed by atoms with Crippen molar-refractivity contribution in [1.29, 1.82) is 0 Å². The third-order valence-corrected chi connectivity index (χ3v) is 2.86. The summed E-state index contributed by atoms with van der Waals surface area (Å²) in [5, 5.41) is 8.94. The van der Waals surface area contributed by atoms with Crippen LogP contribution in [0.15, 0.2) is 28.5 Å². The van der Waals surface area contributed by atoms with Gasteiger partial charge in [0.2, 0.25) is 0 Å². The highest BCUT2D eigenvalue weighted by molar-refractivity contribution is 5.32. The Labute approximate surface area is 98.8 Å². The monoisotopic (exact) mass is 238 g/mol. The molecule has 0 radical (unpaired) electrons. The average molecular weight is 238 g/mol. The molecule has 1 saturated heterocycles. The van der Waals surface area contributed by atoms with Crippen molar-refractivity contribution in [3.63, 3.8) is 0 Å². The lowest BCUT2D eigenvalue weighted by molar-refractivity contribution is 0.393. The van der Waals surface area contributed by atoms with Crippen LogP contribution in [0.3, 0.4) is 0 Å². The van der Waals surface area contributed by atoms with Crippen LogP contribution in [0.25, 0.3) is 10.4 Å². The van der Waals surface area contributed by atoms with Crippen LogP contribution >= 0.6 is 0 Å². The minimum Gasteiger partial charge on any atom is -0.369 e. The molecule has 92 valence electrons. The van der Waals surface area contributed by atoms with E-state index in [1.165, 1.54) is 0 Å². The number of allylic oxidation sites excluding steroid dienone is 1. The second kappa shape index (κ2) is 5.45. The van der Waals surface area contributed by atoms with E-state index in [0.717, 1.165) is 25.9 Å². The maximum Gasteiger partial charge on any atom is 0.186 e. The Balaban J connectivity index is 2.06. The predicted molar refractivity (Wildman–Crippen MR) is 62.2 cm³/mol. The predicted octanol–water partition coefficient (Wildman–Crippen LogP) is 1.57. The molecule has 0 spiro atoms. The molecule has 0 aliphatic carbocycles. The van der Waals surface area contributed by atoms with Gasteiger partial charge in [0.05, 0.1) is 12.4 Å². The number of likely N-dealkylation sites (tertiary alicyclic amines) is 1. The molecule has 0 unspecified atom stereocenters. The minimum absolute atomic E-state index is 0.0412. The van der Waals surface area contributed by atoms with Crippen LogP contribution in [0.5, 0.6) is 0 Å². The van der Waals surface area contributed by atoms with Gasteiger partial charge in [-0.25, -0.2) is 4.39 Å². The standard InChI is InChI=1S/C10H15FN6/c11-9-8(17-5-1-2-6-17)3-4-13-10(9)14-7-15-16-12/h3,13-14H,1-2,4-7H2. The number of hydrogen-bond acceptors (Lipinski definition) is 4. The van der Waals surface area contributed by atoms with Crippen molar-refractivity contribution in [3.8, 4) is 0 Å². The van der Waals surface area contributed by atoms with Crippen LogP contribution < -0.4 is 10.6 Å². The van der Waals surface area contributed by atoms with Crippen LogP contribution in [0.2, 0.25) is 0 Å². The number of azide groups is 1. The maximum absolute atomic E-state index is 14.1. The van der Waals surface area contributed by atoms with Crippen molar-refractivity contribution in [3.05, 3.63) is 33.9 Å². The lowest BCUT2D eigenvalue weighted by atomic mass is 10.2. The van der Waals surface area contributed by atoms with Crippen molar-refractivity contribution >= 4 is 0 Å². The first kappa shape index (κ1) is 11.6. The van der Waals surface area contributed by atoms with Crippen LogP contribution in [0.1, 0.15) is 12.8 Å². The number of rotatable bonds is 4. The first-order valence-corrected chi connectivity index (χ1v) is 5.67. The highest BCUT2D eigenvalue weighted by Gasteiger charge is 2.23. The molecule has 0 aromatic carbocycles. The van der Waals surface area contributed by atoms with Crippen molar-refractivity contribution in [2.24, 2.45) is 5.11 Å². The van der Waals surface area contributed by atoms with E-state index >= 15 is 0 Å².